The molecule has 3 heteroatoms. The minimum atomic E-state index is 0.153. The highest BCUT2D eigenvalue weighted by atomic mass is 15.1. The van der Waals surface area contributed by atoms with Gasteiger partial charge in [0.25, 0.3) is 0 Å². The molecule has 2 aromatic carbocycles. The van der Waals surface area contributed by atoms with Crippen LogP contribution in [0.5, 0.6) is 0 Å². The Hall–Kier alpha value is -2.47. The highest BCUT2D eigenvalue weighted by Crippen LogP contribution is 2.23. The van der Waals surface area contributed by atoms with E-state index in [4.69, 9.17) is 5.26 Å². The van der Waals surface area contributed by atoms with Crippen molar-refractivity contribution >= 4 is 11.4 Å². The molecule has 20 heavy (non-hydrogen) atoms. The number of anilines is 2. The lowest BCUT2D eigenvalue weighted by Crippen LogP contribution is -2.10. The van der Waals surface area contributed by atoms with Crippen LogP contribution in [0, 0.1) is 11.3 Å². The van der Waals surface area contributed by atoms with E-state index < -0.39 is 0 Å². The molecule has 0 saturated heterocycles. The zero-order valence-electron chi connectivity index (χ0n) is 12.1. The highest BCUT2D eigenvalue weighted by Gasteiger charge is 2.06. The van der Waals surface area contributed by atoms with Gasteiger partial charge in [-0.2, -0.15) is 5.26 Å². The topological polar surface area (TPSA) is 39.1 Å². The van der Waals surface area contributed by atoms with Crippen molar-refractivity contribution in [2.45, 2.75) is 13.0 Å². The molecule has 2 rings (SSSR count). The number of benzene rings is 2. The van der Waals surface area contributed by atoms with E-state index in [9.17, 15) is 0 Å². The second-order valence-corrected chi connectivity index (χ2v) is 5.05. The summed E-state index contributed by atoms with van der Waals surface area (Å²) in [6.45, 7) is 2.10. The summed E-state index contributed by atoms with van der Waals surface area (Å²) in [5, 5.41) is 12.4. The largest absolute Gasteiger partial charge is 0.378 e. The fraction of sp³-hybridized carbons (Fsp3) is 0.235. The zero-order valence-corrected chi connectivity index (χ0v) is 12.1. The molecular formula is C17H19N3. The van der Waals surface area contributed by atoms with Gasteiger partial charge in [0.05, 0.1) is 11.6 Å². The maximum atomic E-state index is 8.96. The van der Waals surface area contributed by atoms with Crippen molar-refractivity contribution in [3.63, 3.8) is 0 Å². The number of rotatable bonds is 4. The lowest BCUT2D eigenvalue weighted by atomic mass is 10.1. The summed E-state index contributed by atoms with van der Waals surface area (Å²) in [6.07, 6.45) is 0. The molecule has 0 saturated carbocycles. The van der Waals surface area contributed by atoms with Gasteiger partial charge in [-0.1, -0.05) is 18.2 Å². The molecular weight excluding hydrogens is 246 g/mol. The Morgan fingerprint density at radius 2 is 1.85 bits per heavy atom. The van der Waals surface area contributed by atoms with Crippen molar-refractivity contribution < 1.29 is 0 Å². The van der Waals surface area contributed by atoms with E-state index in [1.165, 1.54) is 0 Å². The predicted molar refractivity (Wildman–Crippen MR) is 84.0 cm³/mol. The zero-order chi connectivity index (χ0) is 14.5. The van der Waals surface area contributed by atoms with Gasteiger partial charge in [-0.3, -0.25) is 0 Å². The van der Waals surface area contributed by atoms with Gasteiger partial charge in [-0.15, -0.1) is 0 Å². The first-order valence-electron chi connectivity index (χ1n) is 6.64. The van der Waals surface area contributed by atoms with Crippen molar-refractivity contribution in [3.05, 3.63) is 59.7 Å². The van der Waals surface area contributed by atoms with Crippen LogP contribution >= 0.6 is 0 Å². The molecule has 0 bridgehead atoms. The Balaban J connectivity index is 2.17. The van der Waals surface area contributed by atoms with Crippen LogP contribution < -0.4 is 10.2 Å². The van der Waals surface area contributed by atoms with E-state index in [1.54, 1.807) is 0 Å². The van der Waals surface area contributed by atoms with Crippen LogP contribution in [0.1, 0.15) is 24.1 Å². The SMILES string of the molecule is CC(Nc1cccc(N(C)C)c1)c1cccc(C#N)c1. The average molecular weight is 265 g/mol. The van der Waals surface area contributed by atoms with Crippen molar-refractivity contribution in [2.24, 2.45) is 0 Å². The first-order chi connectivity index (χ1) is 9.60. The number of nitrogens with zero attached hydrogens (tertiary/aromatic N) is 2. The lowest BCUT2D eigenvalue weighted by molar-refractivity contribution is 0.884. The molecule has 1 N–H and O–H groups in total. The number of nitriles is 1. The van der Waals surface area contributed by atoms with Gasteiger partial charge in [0.2, 0.25) is 0 Å². The number of hydrogen-bond donors (Lipinski definition) is 1. The Kier molecular flexibility index (Phi) is 4.27. The second kappa shape index (κ2) is 6.12. The van der Waals surface area contributed by atoms with E-state index in [0.717, 1.165) is 16.9 Å². The quantitative estimate of drug-likeness (QED) is 0.914. The van der Waals surface area contributed by atoms with Gasteiger partial charge >= 0.3 is 0 Å². The standard InChI is InChI=1S/C17H19N3/c1-13(15-7-4-6-14(10-15)12-18)19-16-8-5-9-17(11-16)20(2)3/h4-11,13,19H,1-3H3. The normalized spacial score (nSPS) is 11.5. The van der Waals surface area contributed by atoms with E-state index in [1.807, 2.05) is 44.4 Å². The van der Waals surface area contributed by atoms with Gasteiger partial charge in [0.1, 0.15) is 0 Å². The van der Waals surface area contributed by atoms with E-state index in [0.29, 0.717) is 5.56 Å². The molecule has 2 aromatic rings. The fourth-order valence-electron chi connectivity index (χ4n) is 2.08. The predicted octanol–water partition coefficient (Wildman–Crippen LogP) is 3.80. The Morgan fingerprint density at radius 1 is 1.10 bits per heavy atom. The molecule has 1 atom stereocenters. The summed E-state index contributed by atoms with van der Waals surface area (Å²) in [5.41, 5.74) is 4.04. The third kappa shape index (κ3) is 3.30. The van der Waals surface area contributed by atoms with Crippen molar-refractivity contribution in [1.29, 1.82) is 5.26 Å². The molecule has 102 valence electrons. The van der Waals surface area contributed by atoms with Gasteiger partial charge in [0.15, 0.2) is 0 Å². The van der Waals surface area contributed by atoms with Crippen LogP contribution in [0.3, 0.4) is 0 Å². The summed E-state index contributed by atoms with van der Waals surface area (Å²) >= 11 is 0. The molecule has 0 amide bonds. The molecule has 0 aliphatic carbocycles. The van der Waals surface area contributed by atoms with Crippen LogP contribution in [-0.4, -0.2) is 14.1 Å². The van der Waals surface area contributed by atoms with Crippen LogP contribution in [0.15, 0.2) is 48.5 Å². The molecule has 0 fully saturated rings. The molecule has 0 radical (unpaired) electrons. The van der Waals surface area contributed by atoms with Crippen molar-refractivity contribution in [1.82, 2.24) is 0 Å². The van der Waals surface area contributed by atoms with Gasteiger partial charge < -0.3 is 10.2 Å². The molecule has 1 unspecified atom stereocenters. The first-order valence-corrected chi connectivity index (χ1v) is 6.64. The first kappa shape index (κ1) is 14.0. The van der Waals surface area contributed by atoms with Crippen molar-refractivity contribution in [3.8, 4) is 6.07 Å². The molecule has 0 aliphatic rings. The van der Waals surface area contributed by atoms with Crippen LogP contribution in [0.4, 0.5) is 11.4 Å². The highest BCUT2D eigenvalue weighted by molar-refractivity contribution is 5.58. The van der Waals surface area contributed by atoms with E-state index >= 15 is 0 Å². The molecule has 0 aliphatic heterocycles. The lowest BCUT2D eigenvalue weighted by Gasteiger charge is -2.18. The monoisotopic (exact) mass is 265 g/mol. The van der Waals surface area contributed by atoms with Crippen molar-refractivity contribution in [2.75, 3.05) is 24.3 Å². The molecule has 0 heterocycles. The summed E-state index contributed by atoms with van der Waals surface area (Å²) in [4.78, 5) is 2.08. The van der Waals surface area contributed by atoms with Crippen LogP contribution in [0.2, 0.25) is 0 Å². The fourth-order valence-corrected chi connectivity index (χ4v) is 2.08. The third-order valence-electron chi connectivity index (χ3n) is 3.26. The summed E-state index contributed by atoms with van der Waals surface area (Å²) in [7, 11) is 4.05. The van der Waals surface area contributed by atoms with E-state index in [-0.39, 0.29) is 6.04 Å². The minimum Gasteiger partial charge on any atom is -0.378 e. The Bertz CT molecular complexity index is 626. The maximum absolute atomic E-state index is 8.96. The van der Waals surface area contributed by atoms with Gasteiger partial charge in [-0.25, -0.2) is 0 Å². The molecule has 0 aromatic heterocycles. The van der Waals surface area contributed by atoms with E-state index in [2.05, 4.69) is 41.4 Å². The Morgan fingerprint density at radius 3 is 2.55 bits per heavy atom. The van der Waals surface area contributed by atoms with Crippen LogP contribution in [0.25, 0.3) is 0 Å². The third-order valence-corrected chi connectivity index (χ3v) is 3.26. The van der Waals surface area contributed by atoms with Crippen LogP contribution in [-0.2, 0) is 0 Å². The van der Waals surface area contributed by atoms with Gasteiger partial charge in [0, 0.05) is 31.5 Å². The second-order valence-electron chi connectivity index (χ2n) is 5.05. The molecule has 0 spiro atoms. The van der Waals surface area contributed by atoms with Gasteiger partial charge in [-0.05, 0) is 42.8 Å². The molecule has 3 nitrogen and oxygen atoms in total. The average Bonchev–Trinajstić information content (AvgIpc) is 2.47. The summed E-state index contributed by atoms with van der Waals surface area (Å²) in [6, 6.07) is 18.3. The summed E-state index contributed by atoms with van der Waals surface area (Å²) < 4.78 is 0. The Labute approximate surface area is 120 Å². The number of nitrogens with one attached hydrogen (secondary N) is 1. The maximum Gasteiger partial charge on any atom is 0.0991 e. The smallest absolute Gasteiger partial charge is 0.0991 e. The minimum absolute atomic E-state index is 0.153. The number of hydrogen-bond acceptors (Lipinski definition) is 3. The summed E-state index contributed by atoms with van der Waals surface area (Å²) in [5.74, 6) is 0.